The number of aryl methyl sites for hydroxylation is 1. The van der Waals surface area contributed by atoms with E-state index >= 15 is 0 Å². The van der Waals surface area contributed by atoms with Gasteiger partial charge in [-0.15, -0.1) is 0 Å². The maximum absolute atomic E-state index is 12.5. The summed E-state index contributed by atoms with van der Waals surface area (Å²) in [5.74, 6) is 1.42. The topological polar surface area (TPSA) is 93.4 Å². The number of nitrogens with one attached hydrogen (secondary N) is 1. The molecule has 8 heteroatoms. The van der Waals surface area contributed by atoms with Gasteiger partial charge in [0.2, 0.25) is 5.95 Å². The Morgan fingerprint density at radius 2 is 2.00 bits per heavy atom. The quantitative estimate of drug-likeness (QED) is 0.915. The van der Waals surface area contributed by atoms with Crippen molar-refractivity contribution in [1.82, 2.24) is 15.1 Å². The minimum Gasteiger partial charge on any atom is -0.378 e. The van der Waals surface area contributed by atoms with Crippen LogP contribution in [0.5, 0.6) is 0 Å². The van der Waals surface area contributed by atoms with Crippen molar-refractivity contribution in [3.63, 3.8) is 0 Å². The fourth-order valence-corrected chi connectivity index (χ4v) is 2.38. The number of morpholine rings is 1. The Morgan fingerprint density at radius 1 is 1.25 bits per heavy atom. The van der Waals surface area contributed by atoms with Crippen LogP contribution in [-0.2, 0) is 4.74 Å². The van der Waals surface area contributed by atoms with Crippen LogP contribution in [0, 0.1) is 6.92 Å². The van der Waals surface area contributed by atoms with Gasteiger partial charge in [-0.3, -0.25) is 4.79 Å². The van der Waals surface area contributed by atoms with Crippen LogP contribution >= 0.6 is 0 Å². The summed E-state index contributed by atoms with van der Waals surface area (Å²) < 4.78 is 10.3. The lowest BCUT2D eigenvalue weighted by atomic mass is 10.1. The molecule has 0 atom stereocenters. The third kappa shape index (κ3) is 3.70. The highest BCUT2D eigenvalue weighted by atomic mass is 16.5. The minimum atomic E-state index is -0.331. The number of nitrogens with zero attached hydrogens (tertiary/aromatic N) is 4. The van der Waals surface area contributed by atoms with E-state index in [9.17, 15) is 4.79 Å². The van der Waals surface area contributed by atoms with E-state index < -0.39 is 0 Å². The zero-order valence-corrected chi connectivity index (χ0v) is 14.1. The first-order valence-corrected chi connectivity index (χ1v) is 7.99. The SMILES string of the molecule is Cc1cc(NC(=O)c2cc(C(C)C)nc(N3CCOCC3)n2)no1. The summed E-state index contributed by atoms with van der Waals surface area (Å²) >= 11 is 0. The highest BCUT2D eigenvalue weighted by molar-refractivity contribution is 6.02. The molecular formula is C16H21N5O3. The van der Waals surface area contributed by atoms with Crippen molar-refractivity contribution in [2.45, 2.75) is 26.7 Å². The Hall–Kier alpha value is -2.48. The van der Waals surface area contributed by atoms with E-state index in [1.54, 1.807) is 19.1 Å². The predicted molar refractivity (Wildman–Crippen MR) is 88.3 cm³/mol. The standard InChI is InChI=1S/C16H21N5O3/c1-10(2)12-9-13(15(22)19-14-8-11(3)24-20-14)18-16(17-12)21-4-6-23-7-5-21/h8-10H,4-7H2,1-3H3,(H,19,20,22). The van der Waals surface area contributed by atoms with E-state index in [4.69, 9.17) is 9.26 Å². The lowest BCUT2D eigenvalue weighted by Crippen LogP contribution is -2.38. The number of aromatic nitrogens is 3. The van der Waals surface area contributed by atoms with Gasteiger partial charge < -0.3 is 19.5 Å². The number of rotatable bonds is 4. The van der Waals surface area contributed by atoms with Gasteiger partial charge >= 0.3 is 0 Å². The monoisotopic (exact) mass is 331 g/mol. The van der Waals surface area contributed by atoms with Gasteiger partial charge in [0.15, 0.2) is 5.82 Å². The molecule has 0 aromatic carbocycles. The first-order chi connectivity index (χ1) is 11.5. The van der Waals surface area contributed by atoms with Crippen molar-refractivity contribution in [3.05, 3.63) is 29.3 Å². The van der Waals surface area contributed by atoms with Crippen LogP contribution in [0.1, 0.15) is 41.7 Å². The molecule has 0 unspecified atom stereocenters. The lowest BCUT2D eigenvalue weighted by Gasteiger charge is -2.27. The average molecular weight is 331 g/mol. The number of amides is 1. The van der Waals surface area contributed by atoms with Crippen molar-refractivity contribution in [3.8, 4) is 0 Å². The molecule has 0 radical (unpaired) electrons. The molecule has 1 N–H and O–H groups in total. The second-order valence-corrected chi connectivity index (χ2v) is 6.01. The molecular weight excluding hydrogens is 310 g/mol. The third-order valence-electron chi connectivity index (χ3n) is 3.72. The Morgan fingerprint density at radius 3 is 2.62 bits per heavy atom. The zero-order valence-electron chi connectivity index (χ0n) is 14.1. The summed E-state index contributed by atoms with van der Waals surface area (Å²) in [5.41, 5.74) is 1.14. The van der Waals surface area contributed by atoms with E-state index in [-0.39, 0.29) is 11.8 Å². The number of ether oxygens (including phenoxy) is 1. The molecule has 3 rings (SSSR count). The molecule has 8 nitrogen and oxygen atoms in total. The Kier molecular flexibility index (Phi) is 4.75. The average Bonchev–Trinajstić information content (AvgIpc) is 3.00. The molecule has 2 aromatic rings. The van der Waals surface area contributed by atoms with E-state index in [1.165, 1.54) is 0 Å². The van der Waals surface area contributed by atoms with Crippen LogP contribution in [0.2, 0.25) is 0 Å². The van der Waals surface area contributed by atoms with Crippen LogP contribution in [0.15, 0.2) is 16.7 Å². The van der Waals surface area contributed by atoms with E-state index in [1.807, 2.05) is 18.7 Å². The molecule has 0 aliphatic carbocycles. The molecule has 0 spiro atoms. The minimum absolute atomic E-state index is 0.189. The number of hydrogen-bond acceptors (Lipinski definition) is 7. The predicted octanol–water partition coefficient (Wildman–Crippen LogP) is 1.99. The third-order valence-corrected chi connectivity index (χ3v) is 3.72. The van der Waals surface area contributed by atoms with Gasteiger partial charge in [0, 0.05) is 24.8 Å². The maximum Gasteiger partial charge on any atom is 0.275 e. The van der Waals surface area contributed by atoms with Gasteiger partial charge in [-0.1, -0.05) is 19.0 Å². The molecule has 0 bridgehead atoms. The first kappa shape index (κ1) is 16.4. The van der Waals surface area contributed by atoms with Crippen molar-refractivity contribution in [2.75, 3.05) is 36.5 Å². The molecule has 2 aromatic heterocycles. The first-order valence-electron chi connectivity index (χ1n) is 7.99. The molecule has 3 heterocycles. The van der Waals surface area contributed by atoms with E-state index in [2.05, 4.69) is 20.4 Å². The highest BCUT2D eigenvalue weighted by Gasteiger charge is 2.19. The normalized spacial score (nSPS) is 14.9. The summed E-state index contributed by atoms with van der Waals surface area (Å²) in [4.78, 5) is 23.6. The molecule has 1 fully saturated rings. The van der Waals surface area contributed by atoms with Gasteiger partial charge in [0.25, 0.3) is 5.91 Å². The molecule has 1 aliphatic heterocycles. The van der Waals surface area contributed by atoms with Crippen molar-refractivity contribution in [2.24, 2.45) is 0 Å². The van der Waals surface area contributed by atoms with Gasteiger partial charge in [-0.05, 0) is 18.9 Å². The number of carbonyl (C=O) groups excluding carboxylic acids is 1. The van der Waals surface area contributed by atoms with E-state index in [0.717, 1.165) is 5.69 Å². The summed E-state index contributed by atoms with van der Waals surface area (Å²) in [5, 5.41) is 6.47. The number of anilines is 2. The number of carbonyl (C=O) groups is 1. The van der Waals surface area contributed by atoms with Crippen LogP contribution in [0.3, 0.4) is 0 Å². The molecule has 0 saturated carbocycles. The Labute approximate surface area is 140 Å². The largest absolute Gasteiger partial charge is 0.378 e. The van der Waals surface area contributed by atoms with Gasteiger partial charge in [0.05, 0.1) is 13.2 Å². The van der Waals surface area contributed by atoms with Crippen LogP contribution in [0.25, 0.3) is 0 Å². The van der Waals surface area contributed by atoms with Gasteiger partial charge in [-0.2, -0.15) is 0 Å². The van der Waals surface area contributed by atoms with Crippen molar-refractivity contribution in [1.29, 1.82) is 0 Å². The lowest BCUT2D eigenvalue weighted by molar-refractivity contribution is 0.102. The fourth-order valence-electron chi connectivity index (χ4n) is 2.38. The van der Waals surface area contributed by atoms with E-state index in [0.29, 0.717) is 49.5 Å². The maximum atomic E-state index is 12.5. The Bertz CT molecular complexity index is 722. The summed E-state index contributed by atoms with van der Waals surface area (Å²) in [7, 11) is 0. The van der Waals surface area contributed by atoms with Crippen LogP contribution < -0.4 is 10.2 Å². The summed E-state index contributed by atoms with van der Waals surface area (Å²) in [6.45, 7) is 8.53. The van der Waals surface area contributed by atoms with Crippen molar-refractivity contribution >= 4 is 17.7 Å². The summed E-state index contributed by atoms with van der Waals surface area (Å²) in [6, 6.07) is 3.38. The van der Waals surface area contributed by atoms with Crippen LogP contribution in [0.4, 0.5) is 11.8 Å². The van der Waals surface area contributed by atoms with Crippen molar-refractivity contribution < 1.29 is 14.1 Å². The smallest absolute Gasteiger partial charge is 0.275 e. The molecule has 24 heavy (non-hydrogen) atoms. The Balaban J connectivity index is 1.87. The molecule has 1 amide bonds. The second-order valence-electron chi connectivity index (χ2n) is 6.01. The highest BCUT2D eigenvalue weighted by Crippen LogP contribution is 2.19. The zero-order chi connectivity index (χ0) is 17.1. The summed E-state index contributed by atoms with van der Waals surface area (Å²) in [6.07, 6.45) is 0. The molecule has 128 valence electrons. The van der Waals surface area contributed by atoms with Gasteiger partial charge in [0.1, 0.15) is 11.5 Å². The second kappa shape index (κ2) is 6.96. The van der Waals surface area contributed by atoms with Gasteiger partial charge in [-0.25, -0.2) is 9.97 Å². The molecule has 1 saturated heterocycles. The number of hydrogen-bond donors (Lipinski definition) is 1. The molecule has 1 aliphatic rings. The fraction of sp³-hybridized carbons (Fsp3) is 0.500. The van der Waals surface area contributed by atoms with Crippen LogP contribution in [-0.4, -0.2) is 47.3 Å².